The van der Waals surface area contributed by atoms with Crippen molar-refractivity contribution in [2.24, 2.45) is 0 Å². The van der Waals surface area contributed by atoms with E-state index in [2.05, 4.69) is 5.32 Å². The van der Waals surface area contributed by atoms with Crippen LogP contribution in [0.2, 0.25) is 0 Å². The Morgan fingerprint density at radius 1 is 0.963 bits per heavy atom. The van der Waals surface area contributed by atoms with Crippen molar-refractivity contribution in [2.45, 2.75) is 13.2 Å². The van der Waals surface area contributed by atoms with Crippen LogP contribution in [0.3, 0.4) is 0 Å². The molecule has 3 aromatic carbocycles. The van der Waals surface area contributed by atoms with Crippen LogP contribution in [0.25, 0.3) is 0 Å². The summed E-state index contributed by atoms with van der Waals surface area (Å²) < 4.78 is 24.0. The Morgan fingerprint density at radius 3 is 2.37 bits per heavy atom. The maximum atomic E-state index is 12.9. The zero-order valence-corrected chi connectivity index (χ0v) is 15.8. The number of hydrogen-bond acceptors (Lipinski definition) is 3. The number of hydrogen-bond donors (Lipinski definition) is 1. The maximum absolute atomic E-state index is 12.9. The van der Waals surface area contributed by atoms with Gasteiger partial charge in [-0.05, 0) is 48.0 Å². The Bertz CT molecular complexity index is 895. The predicted molar refractivity (Wildman–Crippen MR) is 109 cm³/mol. The van der Waals surface area contributed by atoms with Crippen LogP contribution in [-0.2, 0) is 13.2 Å². The summed E-state index contributed by atoms with van der Waals surface area (Å²) >= 11 is 5.47. The van der Waals surface area contributed by atoms with Crippen LogP contribution in [-0.4, -0.2) is 12.1 Å². The molecule has 0 aliphatic heterocycles. The summed E-state index contributed by atoms with van der Waals surface area (Å²) in [5.41, 5.74) is 2.87. The first-order valence-electron chi connectivity index (χ1n) is 8.53. The quantitative estimate of drug-likeness (QED) is 0.591. The van der Waals surface area contributed by atoms with Gasteiger partial charge in [-0.15, -0.1) is 0 Å². The van der Waals surface area contributed by atoms with E-state index < -0.39 is 0 Å². The average molecular weight is 381 g/mol. The van der Waals surface area contributed by atoms with E-state index in [1.54, 1.807) is 19.2 Å². The van der Waals surface area contributed by atoms with E-state index in [1.807, 2.05) is 48.5 Å². The summed E-state index contributed by atoms with van der Waals surface area (Å²) in [5.74, 6) is 1.31. The normalized spacial score (nSPS) is 10.3. The number of methoxy groups -OCH3 is 1. The van der Waals surface area contributed by atoms with Gasteiger partial charge in [-0.1, -0.05) is 42.5 Å². The minimum atomic E-state index is -0.253. The molecule has 5 heteroatoms. The van der Waals surface area contributed by atoms with E-state index in [9.17, 15) is 4.39 Å². The molecule has 0 unspecified atom stereocenters. The molecule has 0 saturated heterocycles. The highest BCUT2D eigenvalue weighted by atomic mass is 32.1. The van der Waals surface area contributed by atoms with Gasteiger partial charge in [-0.25, -0.2) is 4.39 Å². The lowest BCUT2D eigenvalue weighted by Gasteiger charge is -2.12. The highest BCUT2D eigenvalue weighted by Crippen LogP contribution is 2.18. The number of thiocarbonyl (C=S) groups is 1. The summed E-state index contributed by atoms with van der Waals surface area (Å²) in [6.45, 7) is 0.974. The average Bonchev–Trinajstić information content (AvgIpc) is 2.72. The second kappa shape index (κ2) is 9.14. The van der Waals surface area contributed by atoms with Gasteiger partial charge in [0.15, 0.2) is 0 Å². The highest BCUT2D eigenvalue weighted by Gasteiger charge is 2.05. The number of benzene rings is 3. The molecule has 0 bridgehead atoms. The van der Waals surface area contributed by atoms with E-state index in [0.29, 0.717) is 18.1 Å². The summed E-state index contributed by atoms with van der Waals surface area (Å²) in [6, 6.07) is 21.7. The molecule has 0 fully saturated rings. The molecule has 3 aromatic rings. The van der Waals surface area contributed by atoms with Crippen LogP contribution in [0.1, 0.15) is 16.7 Å². The Balaban J connectivity index is 1.54. The van der Waals surface area contributed by atoms with E-state index in [1.165, 1.54) is 12.1 Å². The molecule has 0 saturated carbocycles. The third-order valence-corrected chi connectivity index (χ3v) is 4.45. The molecule has 0 spiro atoms. The topological polar surface area (TPSA) is 30.5 Å². The third kappa shape index (κ3) is 5.28. The lowest BCUT2D eigenvalue weighted by molar-refractivity contribution is 0.306. The van der Waals surface area contributed by atoms with Crippen LogP contribution in [0, 0.1) is 5.82 Å². The van der Waals surface area contributed by atoms with E-state index in [-0.39, 0.29) is 5.82 Å². The van der Waals surface area contributed by atoms with Gasteiger partial charge >= 0.3 is 0 Å². The van der Waals surface area contributed by atoms with Crippen LogP contribution < -0.4 is 14.8 Å². The zero-order chi connectivity index (χ0) is 19.1. The van der Waals surface area contributed by atoms with Crippen molar-refractivity contribution in [2.75, 3.05) is 7.11 Å². The van der Waals surface area contributed by atoms with Crippen molar-refractivity contribution < 1.29 is 13.9 Å². The zero-order valence-electron chi connectivity index (χ0n) is 14.9. The smallest absolute Gasteiger partial charge is 0.123 e. The molecular formula is C22H20FNO2S. The van der Waals surface area contributed by atoms with Crippen molar-refractivity contribution in [3.63, 3.8) is 0 Å². The first kappa shape index (κ1) is 18.9. The first-order valence-corrected chi connectivity index (χ1v) is 8.94. The molecule has 3 rings (SSSR count). The summed E-state index contributed by atoms with van der Waals surface area (Å²) in [4.78, 5) is 0.658. The number of halogens is 1. The predicted octanol–water partition coefficient (Wildman–Crippen LogP) is 4.88. The van der Waals surface area contributed by atoms with Gasteiger partial charge in [-0.2, -0.15) is 0 Å². The van der Waals surface area contributed by atoms with Crippen LogP contribution >= 0.6 is 12.2 Å². The Labute approximate surface area is 163 Å². The number of ether oxygens (including phenoxy) is 2. The van der Waals surface area contributed by atoms with Crippen molar-refractivity contribution in [3.8, 4) is 11.5 Å². The molecule has 3 nitrogen and oxygen atoms in total. The van der Waals surface area contributed by atoms with E-state index >= 15 is 0 Å². The molecule has 138 valence electrons. The largest absolute Gasteiger partial charge is 0.496 e. The molecule has 0 heterocycles. The number of rotatable bonds is 7. The van der Waals surface area contributed by atoms with Crippen LogP contribution in [0.4, 0.5) is 4.39 Å². The molecule has 0 aliphatic rings. The highest BCUT2D eigenvalue weighted by molar-refractivity contribution is 7.80. The van der Waals surface area contributed by atoms with Gasteiger partial charge in [-0.3, -0.25) is 0 Å². The minimum Gasteiger partial charge on any atom is -0.496 e. The van der Waals surface area contributed by atoms with Gasteiger partial charge in [0.05, 0.1) is 7.11 Å². The minimum absolute atomic E-state index is 0.253. The monoisotopic (exact) mass is 381 g/mol. The molecular weight excluding hydrogens is 361 g/mol. The Hall–Kier alpha value is -2.92. The lowest BCUT2D eigenvalue weighted by atomic mass is 10.2. The van der Waals surface area contributed by atoms with Gasteiger partial charge in [0.1, 0.15) is 28.9 Å². The SMILES string of the molecule is COc1ccccc1CNC(=S)c1ccc(OCc2ccc(F)cc2)cc1. The van der Waals surface area contributed by atoms with Gasteiger partial charge in [0.2, 0.25) is 0 Å². The fourth-order valence-electron chi connectivity index (χ4n) is 2.58. The summed E-state index contributed by atoms with van der Waals surface area (Å²) in [7, 11) is 1.65. The molecule has 0 atom stereocenters. The van der Waals surface area contributed by atoms with Crippen molar-refractivity contribution >= 4 is 17.2 Å². The summed E-state index contributed by atoms with van der Waals surface area (Å²) in [5, 5.41) is 3.25. The molecule has 0 amide bonds. The standard InChI is InChI=1S/C22H20FNO2S/c1-25-21-5-3-2-4-18(21)14-24-22(27)17-8-12-20(13-9-17)26-15-16-6-10-19(23)11-7-16/h2-13H,14-15H2,1H3,(H,24,27). The van der Waals surface area contributed by atoms with E-state index in [4.69, 9.17) is 21.7 Å². The van der Waals surface area contributed by atoms with Crippen LogP contribution in [0.5, 0.6) is 11.5 Å². The van der Waals surface area contributed by atoms with Gasteiger partial charge in [0.25, 0.3) is 0 Å². The van der Waals surface area contributed by atoms with Crippen molar-refractivity contribution in [3.05, 3.63) is 95.3 Å². The van der Waals surface area contributed by atoms with Gasteiger partial charge < -0.3 is 14.8 Å². The molecule has 27 heavy (non-hydrogen) atoms. The Kier molecular flexibility index (Phi) is 6.39. The molecule has 0 aliphatic carbocycles. The van der Waals surface area contributed by atoms with Gasteiger partial charge in [0, 0.05) is 17.7 Å². The fourth-order valence-corrected chi connectivity index (χ4v) is 2.78. The molecule has 0 aromatic heterocycles. The second-order valence-electron chi connectivity index (χ2n) is 5.93. The number of nitrogens with one attached hydrogen (secondary N) is 1. The maximum Gasteiger partial charge on any atom is 0.123 e. The third-order valence-electron chi connectivity index (χ3n) is 4.07. The first-order chi connectivity index (χ1) is 13.2. The van der Waals surface area contributed by atoms with E-state index in [0.717, 1.165) is 28.2 Å². The van der Waals surface area contributed by atoms with Crippen molar-refractivity contribution in [1.29, 1.82) is 0 Å². The second-order valence-corrected chi connectivity index (χ2v) is 6.34. The molecule has 1 N–H and O–H groups in total. The summed E-state index contributed by atoms with van der Waals surface area (Å²) in [6.07, 6.45) is 0. The van der Waals surface area contributed by atoms with Crippen molar-refractivity contribution in [1.82, 2.24) is 5.32 Å². The molecule has 0 radical (unpaired) electrons. The number of para-hydroxylation sites is 1. The Morgan fingerprint density at radius 2 is 1.67 bits per heavy atom. The van der Waals surface area contributed by atoms with Crippen LogP contribution in [0.15, 0.2) is 72.8 Å². The fraction of sp³-hybridized carbons (Fsp3) is 0.136. The lowest BCUT2D eigenvalue weighted by Crippen LogP contribution is -2.21.